The van der Waals surface area contributed by atoms with Crippen LogP contribution in [0.25, 0.3) is 0 Å². The van der Waals surface area contributed by atoms with Gasteiger partial charge in [-0.2, -0.15) is 0 Å². The molecule has 1 aromatic heterocycles. The quantitative estimate of drug-likeness (QED) is 0.827. The van der Waals surface area contributed by atoms with Crippen molar-refractivity contribution >= 4 is 22.9 Å². The lowest BCUT2D eigenvalue weighted by atomic mass is 9.94. The van der Waals surface area contributed by atoms with Crippen LogP contribution in [0.15, 0.2) is 11.4 Å². The standard InChI is InChI=1S/C12H18ClNS/c1-8(7-14-10-3-4-10)9(2)12-11(13)5-6-15-12/h5-6,8-10,14H,3-4,7H2,1-2H3. The summed E-state index contributed by atoms with van der Waals surface area (Å²) in [5.41, 5.74) is 0. The molecule has 0 saturated heterocycles. The van der Waals surface area contributed by atoms with Crippen LogP contribution in [0.4, 0.5) is 0 Å². The minimum Gasteiger partial charge on any atom is -0.314 e. The third-order valence-electron chi connectivity index (χ3n) is 3.22. The molecule has 0 amide bonds. The van der Waals surface area contributed by atoms with Crippen molar-refractivity contribution < 1.29 is 0 Å². The fraction of sp³-hybridized carbons (Fsp3) is 0.667. The van der Waals surface area contributed by atoms with Gasteiger partial charge in [0.1, 0.15) is 0 Å². The summed E-state index contributed by atoms with van der Waals surface area (Å²) in [6, 6.07) is 2.80. The molecule has 15 heavy (non-hydrogen) atoms. The average molecular weight is 244 g/mol. The molecular formula is C12H18ClNS. The summed E-state index contributed by atoms with van der Waals surface area (Å²) < 4.78 is 0. The van der Waals surface area contributed by atoms with E-state index in [4.69, 9.17) is 11.6 Å². The van der Waals surface area contributed by atoms with Crippen molar-refractivity contribution in [3.63, 3.8) is 0 Å². The second-order valence-corrected chi connectivity index (χ2v) is 5.94. The van der Waals surface area contributed by atoms with Gasteiger partial charge in [-0.15, -0.1) is 11.3 Å². The summed E-state index contributed by atoms with van der Waals surface area (Å²) in [4.78, 5) is 1.33. The van der Waals surface area contributed by atoms with Crippen LogP contribution in [0.1, 0.15) is 37.5 Å². The van der Waals surface area contributed by atoms with Gasteiger partial charge in [-0.05, 0) is 42.7 Å². The maximum absolute atomic E-state index is 6.14. The van der Waals surface area contributed by atoms with E-state index in [0.29, 0.717) is 11.8 Å². The fourth-order valence-corrected chi connectivity index (χ4v) is 3.13. The second-order valence-electron chi connectivity index (χ2n) is 4.58. The average Bonchev–Trinajstić information content (AvgIpc) is 2.96. The van der Waals surface area contributed by atoms with Crippen LogP contribution in [0.3, 0.4) is 0 Å². The number of hydrogen-bond donors (Lipinski definition) is 1. The zero-order valence-corrected chi connectivity index (χ0v) is 10.9. The van der Waals surface area contributed by atoms with Crippen LogP contribution < -0.4 is 5.32 Å². The Balaban J connectivity index is 1.88. The van der Waals surface area contributed by atoms with Crippen molar-refractivity contribution in [1.29, 1.82) is 0 Å². The van der Waals surface area contributed by atoms with E-state index in [2.05, 4.69) is 24.5 Å². The lowest BCUT2D eigenvalue weighted by Gasteiger charge is -2.19. The van der Waals surface area contributed by atoms with E-state index in [0.717, 1.165) is 17.6 Å². The molecule has 1 aliphatic rings. The van der Waals surface area contributed by atoms with E-state index >= 15 is 0 Å². The molecule has 1 aliphatic carbocycles. The van der Waals surface area contributed by atoms with Gasteiger partial charge >= 0.3 is 0 Å². The predicted molar refractivity (Wildman–Crippen MR) is 67.9 cm³/mol. The van der Waals surface area contributed by atoms with Crippen LogP contribution in [-0.2, 0) is 0 Å². The third-order valence-corrected chi connectivity index (χ3v) is 4.78. The van der Waals surface area contributed by atoms with Crippen molar-refractivity contribution in [2.45, 2.75) is 38.6 Å². The smallest absolute Gasteiger partial charge is 0.0547 e. The third kappa shape index (κ3) is 2.96. The van der Waals surface area contributed by atoms with Crippen molar-refractivity contribution in [2.75, 3.05) is 6.54 Å². The molecule has 0 radical (unpaired) electrons. The molecule has 0 aliphatic heterocycles. The summed E-state index contributed by atoms with van der Waals surface area (Å²) >= 11 is 7.92. The highest BCUT2D eigenvalue weighted by Gasteiger charge is 2.23. The fourth-order valence-electron chi connectivity index (χ4n) is 1.71. The Morgan fingerprint density at radius 1 is 1.53 bits per heavy atom. The zero-order valence-electron chi connectivity index (χ0n) is 9.29. The lowest BCUT2D eigenvalue weighted by Crippen LogP contribution is -2.25. The van der Waals surface area contributed by atoms with Gasteiger partial charge < -0.3 is 5.32 Å². The first-order chi connectivity index (χ1) is 7.18. The molecule has 1 nitrogen and oxygen atoms in total. The molecular weight excluding hydrogens is 226 g/mol. The Bertz CT molecular complexity index is 319. The van der Waals surface area contributed by atoms with Crippen molar-refractivity contribution in [3.8, 4) is 0 Å². The maximum Gasteiger partial charge on any atom is 0.0547 e. The molecule has 0 bridgehead atoms. The van der Waals surface area contributed by atoms with Crippen LogP contribution in [0.2, 0.25) is 5.02 Å². The largest absolute Gasteiger partial charge is 0.314 e. The zero-order chi connectivity index (χ0) is 10.8. The van der Waals surface area contributed by atoms with Gasteiger partial charge in [-0.25, -0.2) is 0 Å². The molecule has 3 heteroatoms. The van der Waals surface area contributed by atoms with Crippen LogP contribution in [0.5, 0.6) is 0 Å². The molecule has 1 fully saturated rings. The number of halogens is 1. The molecule has 2 unspecified atom stereocenters. The van der Waals surface area contributed by atoms with E-state index in [1.165, 1.54) is 17.7 Å². The van der Waals surface area contributed by atoms with Crippen LogP contribution >= 0.6 is 22.9 Å². The first kappa shape index (κ1) is 11.4. The summed E-state index contributed by atoms with van der Waals surface area (Å²) in [5, 5.41) is 6.59. The van der Waals surface area contributed by atoms with Gasteiger partial charge in [0.05, 0.1) is 5.02 Å². The summed E-state index contributed by atoms with van der Waals surface area (Å²) in [6.45, 7) is 5.69. The summed E-state index contributed by atoms with van der Waals surface area (Å²) in [5.74, 6) is 1.21. The van der Waals surface area contributed by atoms with Gasteiger partial charge in [-0.3, -0.25) is 0 Å². The topological polar surface area (TPSA) is 12.0 Å². The van der Waals surface area contributed by atoms with Gasteiger partial charge in [0.15, 0.2) is 0 Å². The predicted octanol–water partition coefficient (Wildman–Crippen LogP) is 3.89. The van der Waals surface area contributed by atoms with Crippen molar-refractivity contribution in [3.05, 3.63) is 21.3 Å². The molecule has 0 aromatic carbocycles. The Labute approximate surface area is 101 Å². The number of thiophene rings is 1. The van der Waals surface area contributed by atoms with E-state index in [1.54, 1.807) is 11.3 Å². The minimum atomic E-state index is 0.559. The Kier molecular flexibility index (Phi) is 3.70. The number of nitrogens with one attached hydrogen (secondary N) is 1. The van der Waals surface area contributed by atoms with Crippen LogP contribution in [0, 0.1) is 5.92 Å². The van der Waals surface area contributed by atoms with Crippen molar-refractivity contribution in [1.82, 2.24) is 5.32 Å². The van der Waals surface area contributed by atoms with E-state index in [-0.39, 0.29) is 0 Å². The highest BCUT2D eigenvalue weighted by atomic mass is 35.5. The normalized spacial score (nSPS) is 20.2. The molecule has 84 valence electrons. The molecule has 1 heterocycles. The SMILES string of the molecule is CC(CNC1CC1)C(C)c1sccc1Cl. The van der Waals surface area contributed by atoms with Crippen LogP contribution in [-0.4, -0.2) is 12.6 Å². The van der Waals surface area contributed by atoms with E-state index in [9.17, 15) is 0 Å². The Morgan fingerprint density at radius 3 is 2.80 bits per heavy atom. The van der Waals surface area contributed by atoms with Gasteiger partial charge in [0.25, 0.3) is 0 Å². The molecule has 0 spiro atoms. The first-order valence-corrected chi connectivity index (χ1v) is 6.90. The summed E-state index contributed by atoms with van der Waals surface area (Å²) in [7, 11) is 0. The van der Waals surface area contributed by atoms with Gasteiger partial charge in [0.2, 0.25) is 0 Å². The minimum absolute atomic E-state index is 0.559. The lowest BCUT2D eigenvalue weighted by molar-refractivity contribution is 0.450. The summed E-state index contributed by atoms with van der Waals surface area (Å²) in [6.07, 6.45) is 2.72. The van der Waals surface area contributed by atoms with E-state index < -0.39 is 0 Å². The second kappa shape index (κ2) is 4.86. The molecule has 1 N–H and O–H groups in total. The van der Waals surface area contributed by atoms with Gasteiger partial charge in [-0.1, -0.05) is 25.4 Å². The van der Waals surface area contributed by atoms with E-state index in [1.807, 2.05) is 6.07 Å². The van der Waals surface area contributed by atoms with Crippen molar-refractivity contribution in [2.24, 2.45) is 5.92 Å². The number of hydrogen-bond acceptors (Lipinski definition) is 2. The van der Waals surface area contributed by atoms with Gasteiger partial charge in [0, 0.05) is 10.9 Å². The maximum atomic E-state index is 6.14. The Hall–Kier alpha value is -0.0500. The Morgan fingerprint density at radius 2 is 2.27 bits per heavy atom. The highest BCUT2D eigenvalue weighted by Crippen LogP contribution is 2.34. The first-order valence-electron chi connectivity index (χ1n) is 5.64. The molecule has 2 atom stereocenters. The number of rotatable bonds is 5. The molecule has 2 rings (SSSR count). The molecule has 1 aromatic rings. The molecule has 1 saturated carbocycles. The monoisotopic (exact) mass is 243 g/mol. The highest BCUT2D eigenvalue weighted by molar-refractivity contribution is 7.10.